The number of benzene rings is 2. The first kappa shape index (κ1) is 23.8. The third-order valence-corrected chi connectivity index (χ3v) is 6.93. The molecule has 5 heteroatoms. The molecule has 1 saturated heterocycles. The zero-order valence-electron chi connectivity index (χ0n) is 20.7. The first-order valence-electron chi connectivity index (χ1n) is 11.0. The van der Waals surface area contributed by atoms with Crippen LogP contribution in [-0.2, 0) is 14.0 Å². The van der Waals surface area contributed by atoms with Crippen LogP contribution in [0.5, 0.6) is 0 Å². The molecular formula is C26H34B2O3. The fraction of sp³-hybridized carbons (Fsp3) is 0.462. The van der Waals surface area contributed by atoms with E-state index < -0.39 is 24.7 Å². The second-order valence-corrected chi connectivity index (χ2v) is 10.2. The van der Waals surface area contributed by atoms with Crippen LogP contribution < -0.4 is 5.46 Å². The third kappa shape index (κ3) is 4.25. The van der Waals surface area contributed by atoms with Crippen LogP contribution in [0, 0.1) is 47.6 Å². The summed E-state index contributed by atoms with van der Waals surface area (Å²) >= 11 is 0. The van der Waals surface area contributed by atoms with E-state index in [2.05, 4.69) is 71.9 Å². The fourth-order valence-electron chi connectivity index (χ4n) is 4.93. The quantitative estimate of drug-likeness (QED) is 0.542. The van der Waals surface area contributed by atoms with Gasteiger partial charge < -0.3 is 0 Å². The Morgan fingerprint density at radius 3 is 1.55 bits per heavy atom. The number of hydrogen-bond acceptors (Lipinski definition) is 2. The molecule has 3 rings (SSSR count). The molecule has 0 atom stereocenters. The zero-order chi connectivity index (χ0) is 23.3. The number of aryl methyl sites for hydroxylation is 6. The standard InChI is InChI=1S/C26H34B2O3/c1-16-11-18(3)22(19(4)12-16)24(28-30-25(7,8)26(9,10)31-28)27(15-29)23-20(5)13-17(2)14-21(23)6/h11-14H,1-10H3. The van der Waals surface area contributed by atoms with Gasteiger partial charge in [0.2, 0.25) is 0 Å². The third-order valence-electron chi connectivity index (χ3n) is 6.93. The van der Waals surface area contributed by atoms with E-state index in [1.807, 2.05) is 27.7 Å². The SMILES string of the molecule is Cc1cc(C)c(/[B-](C#[O+])=C(\B2OC(C)(C)C(C)(C)O2)c2c(C)cc(C)cc2C)c(C)c1. The van der Waals surface area contributed by atoms with Crippen molar-refractivity contribution in [1.29, 1.82) is 0 Å². The van der Waals surface area contributed by atoms with Gasteiger partial charge in [0.1, 0.15) is 0 Å². The van der Waals surface area contributed by atoms with E-state index in [0.29, 0.717) is 0 Å². The summed E-state index contributed by atoms with van der Waals surface area (Å²) in [5, 5.41) is 0.846. The Kier molecular flexibility index (Phi) is 6.30. The van der Waals surface area contributed by atoms with E-state index in [0.717, 1.165) is 38.6 Å². The molecule has 1 aliphatic heterocycles. The molecule has 2 aromatic carbocycles. The van der Waals surface area contributed by atoms with Crippen LogP contribution >= 0.6 is 0 Å². The van der Waals surface area contributed by atoms with E-state index >= 15 is 0 Å². The van der Waals surface area contributed by atoms with Gasteiger partial charge >= 0.3 is 188 Å². The first-order valence-corrected chi connectivity index (χ1v) is 11.0. The molecule has 0 amide bonds. The number of rotatable bonds is 3. The molecule has 0 aromatic heterocycles. The van der Waals surface area contributed by atoms with Crippen LogP contribution in [0.1, 0.15) is 66.6 Å². The molecule has 1 heterocycles. The Morgan fingerprint density at radius 2 is 1.16 bits per heavy atom. The summed E-state index contributed by atoms with van der Waals surface area (Å²) in [4.78, 5) is 0. The molecular weight excluding hydrogens is 382 g/mol. The van der Waals surface area contributed by atoms with Crippen molar-refractivity contribution in [2.45, 2.75) is 80.4 Å². The van der Waals surface area contributed by atoms with Gasteiger partial charge in [-0.3, -0.25) is 0 Å². The van der Waals surface area contributed by atoms with Gasteiger partial charge in [-0.1, -0.05) is 0 Å². The van der Waals surface area contributed by atoms with Crippen molar-refractivity contribution >= 4 is 24.3 Å². The van der Waals surface area contributed by atoms with Crippen molar-refractivity contribution < 1.29 is 14.0 Å². The van der Waals surface area contributed by atoms with Gasteiger partial charge in [-0.2, -0.15) is 0 Å². The van der Waals surface area contributed by atoms with E-state index in [-0.39, 0.29) is 0 Å². The molecule has 31 heavy (non-hydrogen) atoms. The Bertz CT molecular complexity index is 1060. The molecule has 0 spiro atoms. The Balaban J connectivity index is 2.41. The van der Waals surface area contributed by atoms with Crippen LogP contribution in [-0.4, -0.2) is 30.0 Å². The predicted molar refractivity (Wildman–Crippen MR) is 131 cm³/mol. The molecule has 1 fully saturated rings. The van der Waals surface area contributed by atoms with Crippen molar-refractivity contribution in [2.24, 2.45) is 0 Å². The Morgan fingerprint density at radius 1 is 0.774 bits per heavy atom. The summed E-state index contributed by atoms with van der Waals surface area (Å²) in [5.41, 5.74) is 7.81. The van der Waals surface area contributed by atoms with Gasteiger partial charge in [0.25, 0.3) is 0 Å². The van der Waals surface area contributed by atoms with Crippen LogP contribution in [0.2, 0.25) is 0 Å². The maximum atomic E-state index is 12.6. The van der Waals surface area contributed by atoms with Crippen LogP contribution in [0.25, 0.3) is 0 Å². The summed E-state index contributed by atoms with van der Waals surface area (Å²) in [6.07, 6.45) is -0.574. The summed E-state index contributed by atoms with van der Waals surface area (Å²) in [6.45, 7) is 20.7. The van der Waals surface area contributed by atoms with Crippen molar-refractivity contribution in [3.63, 3.8) is 0 Å². The van der Waals surface area contributed by atoms with Gasteiger partial charge in [0.05, 0.1) is 0 Å². The molecule has 1 aliphatic rings. The second-order valence-electron chi connectivity index (χ2n) is 10.2. The van der Waals surface area contributed by atoms with Gasteiger partial charge in [-0.25, -0.2) is 0 Å². The van der Waals surface area contributed by atoms with Crippen molar-refractivity contribution in [2.75, 3.05) is 0 Å². The molecule has 162 valence electrons. The molecule has 0 saturated carbocycles. The average Bonchev–Trinajstić information content (AvgIpc) is 2.82. The van der Waals surface area contributed by atoms with Crippen LogP contribution in [0.15, 0.2) is 24.3 Å². The van der Waals surface area contributed by atoms with E-state index in [1.165, 1.54) is 11.1 Å². The van der Waals surface area contributed by atoms with Gasteiger partial charge in [0, 0.05) is 0 Å². The fourth-order valence-corrected chi connectivity index (χ4v) is 4.93. The van der Waals surface area contributed by atoms with Crippen LogP contribution in [0.3, 0.4) is 0 Å². The molecule has 3 nitrogen and oxygen atoms in total. The molecule has 0 N–H and O–H groups in total. The van der Waals surface area contributed by atoms with Gasteiger partial charge in [-0.15, -0.1) is 0 Å². The zero-order valence-corrected chi connectivity index (χ0v) is 20.7. The van der Waals surface area contributed by atoms with Gasteiger partial charge in [0.15, 0.2) is 0 Å². The maximum absolute atomic E-state index is 12.6. The van der Waals surface area contributed by atoms with E-state index in [9.17, 15) is 4.65 Å². The summed E-state index contributed by atoms with van der Waals surface area (Å²) < 4.78 is 25.6. The molecule has 0 radical (unpaired) electrons. The van der Waals surface area contributed by atoms with Gasteiger partial charge in [-0.05, 0) is 0 Å². The van der Waals surface area contributed by atoms with Crippen molar-refractivity contribution in [1.82, 2.24) is 0 Å². The summed E-state index contributed by atoms with van der Waals surface area (Å²) in [6, 6.07) is 10.9. The molecule has 0 aliphatic carbocycles. The Hall–Kier alpha value is -1.90. The van der Waals surface area contributed by atoms with E-state index in [4.69, 9.17) is 9.31 Å². The first-order chi connectivity index (χ1) is 14.3. The summed E-state index contributed by atoms with van der Waals surface area (Å²) in [5.74, 6) is 0. The average molecular weight is 416 g/mol. The molecule has 2 aromatic rings. The van der Waals surface area contributed by atoms with Crippen molar-refractivity contribution in [3.8, 4) is 6.05 Å². The van der Waals surface area contributed by atoms with E-state index in [1.54, 1.807) is 0 Å². The topological polar surface area (TPSA) is 38.4 Å². The Labute approximate surface area is 188 Å². The summed E-state index contributed by atoms with van der Waals surface area (Å²) in [7, 11) is -0.628. The second kappa shape index (κ2) is 8.22. The minimum atomic E-state index is -0.628. The number of hydrogen-bond donors (Lipinski definition) is 0. The molecule has 0 unspecified atom stereocenters. The normalized spacial score (nSPS) is 18.0. The van der Waals surface area contributed by atoms with Crippen molar-refractivity contribution in [3.05, 3.63) is 63.2 Å². The molecule has 0 bridgehead atoms. The van der Waals surface area contributed by atoms with Crippen LogP contribution in [0.4, 0.5) is 0 Å². The minimum absolute atomic E-state index is 0.500. The monoisotopic (exact) mass is 416 g/mol. The predicted octanol–water partition coefficient (Wildman–Crippen LogP) is 4.60.